The average Bonchev–Trinajstić information content (AvgIpc) is 3.19. The number of hydrogen-bond donors (Lipinski definition) is 1. The van der Waals surface area contributed by atoms with Gasteiger partial charge in [0, 0.05) is 18.0 Å². The number of fused-ring (bicyclic) bond motifs is 4. The van der Waals surface area contributed by atoms with Crippen LogP contribution in [0, 0.1) is 19.3 Å². The first-order valence-corrected chi connectivity index (χ1v) is 9.05. The van der Waals surface area contributed by atoms with Crippen molar-refractivity contribution in [1.29, 1.82) is 0 Å². The highest BCUT2D eigenvalue weighted by Crippen LogP contribution is 2.60. The zero-order valence-electron chi connectivity index (χ0n) is 15.3. The molecule has 1 amide bonds. The Kier molecular flexibility index (Phi) is 2.85. The number of likely N-dealkylation sites (N-methyl/N-ethyl adjacent to an activating group) is 1. The van der Waals surface area contributed by atoms with Crippen LogP contribution in [0.4, 0.5) is 0 Å². The van der Waals surface area contributed by atoms with Gasteiger partial charge in [-0.05, 0) is 50.7 Å². The fraction of sp³-hybridized carbons (Fsp3) is 0.450. The SMILES string of the molecule is Cc1ccc2c(c1)C1(N=C(N)N(C)C1=O)C1(CCc3noc(C)c3C1)C2. The highest BCUT2D eigenvalue weighted by Gasteiger charge is 2.66. The molecule has 2 aliphatic carbocycles. The molecule has 6 heteroatoms. The van der Waals surface area contributed by atoms with E-state index >= 15 is 0 Å². The fourth-order valence-electron chi connectivity index (χ4n) is 5.23. The summed E-state index contributed by atoms with van der Waals surface area (Å²) in [5.74, 6) is 1.13. The van der Waals surface area contributed by atoms with Gasteiger partial charge in [0.1, 0.15) is 5.76 Å². The van der Waals surface area contributed by atoms with Gasteiger partial charge in [0.25, 0.3) is 5.91 Å². The zero-order chi connectivity index (χ0) is 18.3. The lowest BCUT2D eigenvalue weighted by Gasteiger charge is -2.43. The molecule has 2 atom stereocenters. The Labute approximate surface area is 152 Å². The van der Waals surface area contributed by atoms with Crippen LogP contribution < -0.4 is 5.73 Å². The van der Waals surface area contributed by atoms with E-state index in [9.17, 15) is 4.79 Å². The summed E-state index contributed by atoms with van der Waals surface area (Å²) >= 11 is 0. The Morgan fingerprint density at radius 3 is 2.81 bits per heavy atom. The number of nitrogens with two attached hydrogens (primary N) is 1. The van der Waals surface area contributed by atoms with E-state index in [4.69, 9.17) is 15.2 Å². The van der Waals surface area contributed by atoms with E-state index < -0.39 is 5.54 Å². The predicted octanol–water partition coefficient (Wildman–Crippen LogP) is 2.00. The van der Waals surface area contributed by atoms with Crippen LogP contribution in [0.2, 0.25) is 0 Å². The molecule has 26 heavy (non-hydrogen) atoms. The maximum absolute atomic E-state index is 13.5. The van der Waals surface area contributed by atoms with Crippen LogP contribution >= 0.6 is 0 Å². The minimum atomic E-state index is -0.936. The average molecular weight is 350 g/mol. The topological polar surface area (TPSA) is 84.7 Å². The molecule has 134 valence electrons. The molecule has 0 bridgehead atoms. The van der Waals surface area contributed by atoms with E-state index in [0.29, 0.717) is 5.96 Å². The molecule has 2 unspecified atom stereocenters. The number of rotatable bonds is 0. The predicted molar refractivity (Wildman–Crippen MR) is 96.7 cm³/mol. The van der Waals surface area contributed by atoms with Gasteiger partial charge >= 0.3 is 0 Å². The van der Waals surface area contributed by atoms with Crippen LogP contribution in [0.25, 0.3) is 0 Å². The van der Waals surface area contributed by atoms with Gasteiger partial charge in [-0.1, -0.05) is 28.9 Å². The molecule has 3 aliphatic rings. The van der Waals surface area contributed by atoms with Crippen LogP contribution in [-0.2, 0) is 29.6 Å². The number of hydrogen-bond acceptors (Lipinski definition) is 5. The molecule has 2 aromatic rings. The summed E-state index contributed by atoms with van der Waals surface area (Å²) in [7, 11) is 1.72. The van der Waals surface area contributed by atoms with E-state index in [-0.39, 0.29) is 11.3 Å². The lowest BCUT2D eigenvalue weighted by Crippen LogP contribution is -2.51. The molecule has 1 aromatic heterocycles. The quantitative estimate of drug-likeness (QED) is 0.787. The van der Waals surface area contributed by atoms with E-state index in [1.54, 1.807) is 7.05 Å². The summed E-state index contributed by atoms with van der Waals surface area (Å²) in [6.45, 7) is 4.00. The third-order valence-electron chi connectivity index (χ3n) is 6.61. The normalized spacial score (nSPS) is 29.4. The molecule has 0 saturated carbocycles. The zero-order valence-corrected chi connectivity index (χ0v) is 15.3. The summed E-state index contributed by atoms with van der Waals surface area (Å²) in [6.07, 6.45) is 3.20. The van der Waals surface area contributed by atoms with E-state index in [0.717, 1.165) is 53.8 Å². The summed E-state index contributed by atoms with van der Waals surface area (Å²) < 4.78 is 5.43. The number of aromatic nitrogens is 1. The molecule has 5 rings (SSSR count). The van der Waals surface area contributed by atoms with Crippen LogP contribution in [0.1, 0.15) is 40.1 Å². The molecule has 1 aliphatic heterocycles. The first-order valence-electron chi connectivity index (χ1n) is 9.05. The lowest BCUT2D eigenvalue weighted by molar-refractivity contribution is -0.135. The molecule has 2 heterocycles. The molecule has 1 aromatic carbocycles. The number of nitrogens with zero attached hydrogens (tertiary/aromatic N) is 3. The van der Waals surface area contributed by atoms with Crippen molar-refractivity contribution in [2.75, 3.05) is 7.05 Å². The van der Waals surface area contributed by atoms with E-state index in [2.05, 4.69) is 30.3 Å². The molecule has 0 saturated heterocycles. The van der Waals surface area contributed by atoms with Crippen LogP contribution in [-0.4, -0.2) is 29.0 Å². The van der Waals surface area contributed by atoms with Crippen LogP contribution in [0.3, 0.4) is 0 Å². The lowest BCUT2D eigenvalue weighted by atomic mass is 9.61. The van der Waals surface area contributed by atoms with Gasteiger partial charge in [-0.15, -0.1) is 0 Å². The second-order valence-corrected chi connectivity index (χ2v) is 8.00. The Hall–Kier alpha value is -2.63. The van der Waals surface area contributed by atoms with Gasteiger partial charge in [0.2, 0.25) is 0 Å². The maximum atomic E-state index is 13.5. The monoisotopic (exact) mass is 350 g/mol. The van der Waals surface area contributed by atoms with Gasteiger partial charge in [0.15, 0.2) is 11.5 Å². The molecular weight excluding hydrogens is 328 g/mol. The molecular formula is C20H22N4O2. The smallest absolute Gasteiger partial charge is 0.262 e. The fourth-order valence-corrected chi connectivity index (χ4v) is 5.23. The molecule has 6 nitrogen and oxygen atoms in total. The third-order valence-corrected chi connectivity index (χ3v) is 6.61. The molecule has 0 fully saturated rings. The maximum Gasteiger partial charge on any atom is 0.262 e. The van der Waals surface area contributed by atoms with E-state index in [1.165, 1.54) is 10.5 Å². The summed E-state index contributed by atoms with van der Waals surface area (Å²) in [4.78, 5) is 19.9. The van der Waals surface area contributed by atoms with Crippen molar-refractivity contribution in [3.8, 4) is 0 Å². The summed E-state index contributed by atoms with van der Waals surface area (Å²) in [6, 6.07) is 6.38. The second kappa shape index (κ2) is 4.75. The Balaban J connectivity index is 1.77. The summed E-state index contributed by atoms with van der Waals surface area (Å²) in [5.41, 5.74) is 10.4. The van der Waals surface area contributed by atoms with Crippen LogP contribution in [0.5, 0.6) is 0 Å². The standard InChI is InChI=1S/C20H22N4O2/c1-11-4-5-13-9-19(7-6-16-14(10-19)12(2)26-23-16)20(15(13)8-11)17(25)24(3)18(21)22-20/h4-5,8H,6-7,9-10H2,1-3H3,(H2,21,22). The first kappa shape index (κ1) is 15.6. The van der Waals surface area contributed by atoms with Gasteiger partial charge in [0.05, 0.1) is 5.69 Å². The highest BCUT2D eigenvalue weighted by atomic mass is 16.5. The first-order chi connectivity index (χ1) is 12.4. The van der Waals surface area contributed by atoms with Crippen molar-refractivity contribution in [3.05, 3.63) is 51.9 Å². The number of amides is 1. The number of benzene rings is 1. The molecule has 2 spiro atoms. The largest absolute Gasteiger partial charge is 0.369 e. The van der Waals surface area contributed by atoms with Crippen molar-refractivity contribution in [3.63, 3.8) is 0 Å². The number of carbonyl (C=O) groups is 1. The number of carbonyl (C=O) groups excluding carboxylic acids is 1. The highest BCUT2D eigenvalue weighted by molar-refractivity contribution is 6.08. The van der Waals surface area contributed by atoms with Crippen LogP contribution in [0.15, 0.2) is 27.7 Å². The Bertz CT molecular complexity index is 992. The van der Waals surface area contributed by atoms with E-state index in [1.807, 2.05) is 6.92 Å². The van der Waals surface area contributed by atoms with Crippen molar-refractivity contribution in [1.82, 2.24) is 10.1 Å². The number of aliphatic imine (C=N–C) groups is 1. The number of guanidine groups is 1. The minimum Gasteiger partial charge on any atom is -0.369 e. The van der Waals surface area contributed by atoms with Gasteiger partial charge < -0.3 is 10.3 Å². The van der Waals surface area contributed by atoms with Crippen molar-refractivity contribution in [2.24, 2.45) is 16.1 Å². The van der Waals surface area contributed by atoms with Gasteiger partial charge in [-0.2, -0.15) is 0 Å². The minimum absolute atomic E-state index is 0.0168. The van der Waals surface area contributed by atoms with Crippen molar-refractivity contribution in [2.45, 2.75) is 45.1 Å². The summed E-state index contributed by atoms with van der Waals surface area (Å²) in [5, 5.41) is 4.21. The Morgan fingerprint density at radius 1 is 1.27 bits per heavy atom. The van der Waals surface area contributed by atoms with Crippen molar-refractivity contribution >= 4 is 11.9 Å². The third kappa shape index (κ3) is 1.65. The van der Waals surface area contributed by atoms with Gasteiger partial charge in [-0.25, -0.2) is 4.99 Å². The second-order valence-electron chi connectivity index (χ2n) is 8.00. The van der Waals surface area contributed by atoms with Gasteiger partial charge in [-0.3, -0.25) is 9.69 Å². The molecule has 0 radical (unpaired) electrons. The Morgan fingerprint density at radius 2 is 2.08 bits per heavy atom. The molecule has 2 N–H and O–H groups in total. The number of aryl methyl sites for hydroxylation is 3. The van der Waals surface area contributed by atoms with Crippen molar-refractivity contribution < 1.29 is 9.32 Å².